The summed E-state index contributed by atoms with van der Waals surface area (Å²) in [5, 5.41) is 2.62. The van der Waals surface area contributed by atoms with Gasteiger partial charge in [-0.05, 0) is 27.2 Å². The Kier molecular flexibility index (Phi) is 11.1. The van der Waals surface area contributed by atoms with E-state index >= 15 is 0 Å². The lowest BCUT2D eigenvalue weighted by atomic mass is 10.2. The Hall–Kier alpha value is -1.17. The third-order valence-corrected chi connectivity index (χ3v) is 1.17. The van der Waals surface area contributed by atoms with Gasteiger partial charge in [-0.3, -0.25) is 0 Å². The van der Waals surface area contributed by atoms with Crippen LogP contribution in [0.5, 0.6) is 0 Å². The summed E-state index contributed by atoms with van der Waals surface area (Å²) in [4.78, 5) is 11.0. The van der Waals surface area contributed by atoms with Gasteiger partial charge in [0.2, 0.25) is 0 Å². The summed E-state index contributed by atoms with van der Waals surface area (Å²) < 4.78 is 5.02. The van der Waals surface area contributed by atoms with E-state index in [9.17, 15) is 4.79 Å². The number of nitrogens with one attached hydrogen (secondary N) is 1. The van der Waals surface area contributed by atoms with E-state index in [0.29, 0.717) is 13.0 Å². The van der Waals surface area contributed by atoms with Crippen LogP contribution >= 0.6 is 0 Å². The number of carbonyl (C=O) groups excluding carboxylic acids is 1. The zero-order valence-electron chi connectivity index (χ0n) is 11.2. The summed E-state index contributed by atoms with van der Waals surface area (Å²) in [6, 6.07) is 0. The van der Waals surface area contributed by atoms with E-state index in [1.54, 1.807) is 0 Å². The van der Waals surface area contributed by atoms with Crippen LogP contribution in [0, 0.1) is 12.3 Å². The van der Waals surface area contributed by atoms with Crippen LogP contribution in [0.15, 0.2) is 0 Å². The molecule has 0 aliphatic carbocycles. The number of unbranched alkanes of at least 4 members (excludes halogenated alkanes) is 1. The molecule has 0 atom stereocenters. The van der Waals surface area contributed by atoms with Gasteiger partial charge in [-0.1, -0.05) is 20.3 Å². The van der Waals surface area contributed by atoms with E-state index in [1.807, 2.05) is 20.8 Å². The molecule has 0 radical (unpaired) electrons. The maximum absolute atomic E-state index is 11.0. The number of terminal acetylenes is 1. The van der Waals surface area contributed by atoms with Crippen molar-refractivity contribution in [3.63, 3.8) is 0 Å². The minimum atomic E-state index is -0.434. The topological polar surface area (TPSA) is 38.3 Å². The highest BCUT2D eigenvalue weighted by Gasteiger charge is 2.15. The van der Waals surface area contributed by atoms with Gasteiger partial charge in [-0.15, -0.1) is 12.3 Å². The van der Waals surface area contributed by atoms with Gasteiger partial charge in [0.15, 0.2) is 0 Å². The molecule has 3 heteroatoms. The molecule has 0 spiro atoms. The molecule has 0 saturated heterocycles. The minimum Gasteiger partial charge on any atom is -0.444 e. The third kappa shape index (κ3) is 18.6. The van der Waals surface area contributed by atoms with Gasteiger partial charge < -0.3 is 10.1 Å². The number of hydrogen-bond donors (Lipinski definition) is 1. The third-order valence-electron chi connectivity index (χ3n) is 1.17. The number of rotatable bonds is 3. The summed E-state index contributed by atoms with van der Waals surface area (Å²) in [6.07, 6.45) is 7.38. The van der Waals surface area contributed by atoms with E-state index < -0.39 is 5.60 Å². The van der Waals surface area contributed by atoms with Gasteiger partial charge in [0.25, 0.3) is 0 Å². The smallest absolute Gasteiger partial charge is 0.407 e. The highest BCUT2D eigenvalue weighted by atomic mass is 16.6. The van der Waals surface area contributed by atoms with Crippen molar-refractivity contribution in [2.45, 2.75) is 59.5 Å². The Labute approximate surface area is 99.9 Å². The number of carbonyl (C=O) groups is 1. The molecule has 0 aliphatic heterocycles. The van der Waals surface area contributed by atoms with Crippen molar-refractivity contribution in [3.05, 3.63) is 0 Å². The molecule has 0 rings (SSSR count). The van der Waals surface area contributed by atoms with E-state index in [2.05, 4.69) is 25.1 Å². The quantitative estimate of drug-likeness (QED) is 0.593. The molecular formula is C13H25NO2. The Morgan fingerprint density at radius 2 is 1.88 bits per heavy atom. The highest BCUT2D eigenvalue weighted by Crippen LogP contribution is 2.06. The Balaban J connectivity index is 0. The fraction of sp³-hybridized carbons (Fsp3) is 0.769. The normalized spacial score (nSPS) is 9.50. The largest absolute Gasteiger partial charge is 0.444 e. The lowest BCUT2D eigenvalue weighted by molar-refractivity contribution is 0.0527. The summed E-state index contributed by atoms with van der Waals surface area (Å²) in [6.45, 7) is 10.3. The molecule has 0 aliphatic rings. The molecule has 0 fully saturated rings. The molecule has 16 heavy (non-hydrogen) atoms. The molecule has 0 aromatic heterocycles. The maximum atomic E-state index is 11.0. The van der Waals surface area contributed by atoms with Crippen LogP contribution in [0.3, 0.4) is 0 Å². The summed E-state index contributed by atoms with van der Waals surface area (Å²) in [7, 11) is 0. The second-order valence-electron chi connectivity index (χ2n) is 4.44. The number of hydrogen-bond acceptors (Lipinski definition) is 2. The molecule has 0 saturated carbocycles. The van der Waals surface area contributed by atoms with Gasteiger partial charge in [-0.25, -0.2) is 4.79 Å². The Morgan fingerprint density at radius 1 is 1.38 bits per heavy atom. The molecule has 1 N–H and O–H groups in total. The van der Waals surface area contributed by atoms with Crippen molar-refractivity contribution in [2.75, 3.05) is 6.54 Å². The first-order valence-electron chi connectivity index (χ1n) is 5.77. The van der Waals surface area contributed by atoms with E-state index in [0.717, 1.165) is 6.42 Å². The predicted octanol–water partition coefficient (Wildman–Crippen LogP) is 3.34. The molecule has 1 amide bonds. The average molecular weight is 227 g/mol. The van der Waals surface area contributed by atoms with Crippen LogP contribution in [-0.2, 0) is 4.74 Å². The molecule has 0 aromatic carbocycles. The average Bonchev–Trinajstić information content (AvgIpc) is 2.11. The fourth-order valence-electron chi connectivity index (χ4n) is 0.695. The van der Waals surface area contributed by atoms with Gasteiger partial charge in [0.05, 0.1) is 0 Å². The van der Waals surface area contributed by atoms with Gasteiger partial charge in [-0.2, -0.15) is 0 Å². The van der Waals surface area contributed by atoms with Crippen LogP contribution < -0.4 is 5.32 Å². The fourth-order valence-corrected chi connectivity index (χ4v) is 0.695. The van der Waals surface area contributed by atoms with Crippen LogP contribution in [-0.4, -0.2) is 18.2 Å². The van der Waals surface area contributed by atoms with Crippen molar-refractivity contribution in [3.8, 4) is 12.3 Å². The summed E-state index contributed by atoms with van der Waals surface area (Å²) >= 11 is 0. The van der Waals surface area contributed by atoms with Crippen LogP contribution in [0.2, 0.25) is 0 Å². The highest BCUT2D eigenvalue weighted by molar-refractivity contribution is 5.67. The number of alkyl carbamates (subject to hydrolysis) is 1. The molecule has 0 aromatic rings. The maximum Gasteiger partial charge on any atom is 0.407 e. The van der Waals surface area contributed by atoms with Crippen molar-refractivity contribution in [1.82, 2.24) is 5.32 Å². The van der Waals surface area contributed by atoms with Crippen LogP contribution in [0.4, 0.5) is 4.79 Å². The van der Waals surface area contributed by atoms with E-state index in [1.165, 1.54) is 6.42 Å². The van der Waals surface area contributed by atoms with Gasteiger partial charge in [0, 0.05) is 13.0 Å². The second kappa shape index (κ2) is 10.4. The monoisotopic (exact) mass is 227 g/mol. The van der Waals surface area contributed by atoms with Crippen molar-refractivity contribution in [2.24, 2.45) is 0 Å². The second-order valence-corrected chi connectivity index (χ2v) is 4.44. The zero-order valence-corrected chi connectivity index (χ0v) is 11.2. The predicted molar refractivity (Wildman–Crippen MR) is 68.3 cm³/mol. The lowest BCUT2D eigenvalue weighted by Gasteiger charge is -2.19. The van der Waals surface area contributed by atoms with E-state index in [-0.39, 0.29) is 6.09 Å². The molecule has 0 unspecified atom stereocenters. The summed E-state index contributed by atoms with van der Waals surface area (Å²) in [5.41, 5.74) is -0.434. The Bertz CT molecular complexity index is 211. The van der Waals surface area contributed by atoms with E-state index in [4.69, 9.17) is 11.2 Å². The first kappa shape index (κ1) is 17.2. The molecular weight excluding hydrogens is 202 g/mol. The molecule has 94 valence electrons. The first-order chi connectivity index (χ1) is 7.37. The van der Waals surface area contributed by atoms with Crippen LogP contribution in [0.1, 0.15) is 53.9 Å². The SMILES string of the molecule is C#CCCCNC(=O)OC(C)(C)C.CCC. The van der Waals surface area contributed by atoms with Crippen molar-refractivity contribution in [1.29, 1.82) is 0 Å². The first-order valence-corrected chi connectivity index (χ1v) is 5.77. The van der Waals surface area contributed by atoms with Gasteiger partial charge >= 0.3 is 6.09 Å². The van der Waals surface area contributed by atoms with Gasteiger partial charge in [0.1, 0.15) is 5.60 Å². The molecule has 0 bridgehead atoms. The van der Waals surface area contributed by atoms with Crippen molar-refractivity contribution < 1.29 is 9.53 Å². The minimum absolute atomic E-state index is 0.385. The number of amides is 1. The zero-order chi connectivity index (χ0) is 13.0. The Morgan fingerprint density at radius 3 is 2.25 bits per heavy atom. The van der Waals surface area contributed by atoms with Crippen molar-refractivity contribution >= 4 is 6.09 Å². The number of ether oxygens (including phenoxy) is 1. The standard InChI is InChI=1S/C10H17NO2.C3H8/c1-5-6-7-8-11-9(12)13-10(2,3)4;1-3-2/h1H,6-8H2,2-4H3,(H,11,12);3H2,1-2H3. The molecule has 3 nitrogen and oxygen atoms in total. The lowest BCUT2D eigenvalue weighted by Crippen LogP contribution is -2.32. The molecule has 0 heterocycles. The summed E-state index contributed by atoms with van der Waals surface area (Å²) in [5.74, 6) is 2.50. The van der Waals surface area contributed by atoms with Crippen LogP contribution in [0.25, 0.3) is 0 Å².